The van der Waals surface area contributed by atoms with Gasteiger partial charge in [-0.1, -0.05) is 0 Å². The van der Waals surface area contributed by atoms with Gasteiger partial charge in [-0.3, -0.25) is 4.79 Å². The predicted octanol–water partition coefficient (Wildman–Crippen LogP) is 0.478. The minimum atomic E-state index is -0.726. The Balaban J connectivity index is 2.14. The van der Waals surface area contributed by atoms with Crippen LogP contribution in [0.5, 0.6) is 0 Å². The number of aliphatic carboxylic acids is 1. The van der Waals surface area contributed by atoms with Crippen molar-refractivity contribution in [3.05, 3.63) is 0 Å². The Bertz CT molecular complexity index is 190. The average Bonchev–Trinajstić information content (AvgIpc) is 2.46. The molecule has 11 heavy (non-hydrogen) atoms. The van der Waals surface area contributed by atoms with E-state index in [0.29, 0.717) is 6.42 Å². The molecular weight excluding hydrogens is 144 g/mol. The highest BCUT2D eigenvalue weighted by molar-refractivity contribution is 5.71. The summed E-state index contributed by atoms with van der Waals surface area (Å²) in [5.74, 6) is -0.654. The van der Waals surface area contributed by atoms with E-state index in [1.54, 1.807) is 0 Å². The van der Waals surface area contributed by atoms with E-state index in [1.165, 1.54) is 0 Å². The van der Waals surface area contributed by atoms with E-state index in [1.807, 2.05) is 0 Å². The van der Waals surface area contributed by atoms with E-state index in [9.17, 15) is 9.90 Å². The lowest BCUT2D eigenvalue weighted by atomic mass is 9.89. The first-order valence-electron chi connectivity index (χ1n) is 4.11. The first-order valence-corrected chi connectivity index (χ1v) is 4.11. The molecule has 62 valence electrons. The molecule has 0 saturated heterocycles. The van der Waals surface area contributed by atoms with Gasteiger partial charge in [0, 0.05) is 0 Å². The summed E-state index contributed by atoms with van der Waals surface area (Å²) in [5, 5.41) is 18.2. The SMILES string of the molecule is O=C(O)[C@H]1C[C@H]2CC[C@H]1[C@@H]2O. The molecule has 3 heteroatoms. The van der Waals surface area contributed by atoms with Crippen LogP contribution in [0.15, 0.2) is 0 Å². The third-order valence-electron chi connectivity index (χ3n) is 3.18. The van der Waals surface area contributed by atoms with Crippen LogP contribution < -0.4 is 0 Å². The lowest BCUT2D eigenvalue weighted by molar-refractivity contribution is -0.143. The second-order valence-electron chi connectivity index (χ2n) is 3.67. The molecule has 3 nitrogen and oxygen atoms in total. The molecule has 0 spiro atoms. The van der Waals surface area contributed by atoms with Gasteiger partial charge in [0.1, 0.15) is 0 Å². The van der Waals surface area contributed by atoms with Crippen molar-refractivity contribution in [2.24, 2.45) is 17.8 Å². The Labute approximate surface area is 65.0 Å². The van der Waals surface area contributed by atoms with E-state index >= 15 is 0 Å². The van der Waals surface area contributed by atoms with Crippen LogP contribution in [0.3, 0.4) is 0 Å². The Morgan fingerprint density at radius 3 is 2.36 bits per heavy atom. The Morgan fingerprint density at radius 2 is 2.09 bits per heavy atom. The summed E-state index contributed by atoms with van der Waals surface area (Å²) in [7, 11) is 0. The van der Waals surface area contributed by atoms with Gasteiger partial charge in [0.25, 0.3) is 0 Å². The maximum Gasteiger partial charge on any atom is 0.306 e. The maximum atomic E-state index is 10.6. The Morgan fingerprint density at radius 1 is 1.36 bits per heavy atom. The van der Waals surface area contributed by atoms with E-state index in [4.69, 9.17) is 5.11 Å². The van der Waals surface area contributed by atoms with Gasteiger partial charge in [0.05, 0.1) is 12.0 Å². The van der Waals surface area contributed by atoms with Gasteiger partial charge in [-0.15, -0.1) is 0 Å². The summed E-state index contributed by atoms with van der Waals surface area (Å²) in [5.41, 5.74) is 0. The van der Waals surface area contributed by atoms with Crippen molar-refractivity contribution in [2.45, 2.75) is 25.4 Å². The molecule has 0 aromatic rings. The fourth-order valence-corrected chi connectivity index (χ4v) is 2.58. The summed E-state index contributed by atoms with van der Waals surface area (Å²) in [4.78, 5) is 10.6. The number of aliphatic hydroxyl groups excluding tert-OH is 1. The van der Waals surface area contributed by atoms with E-state index < -0.39 is 5.97 Å². The van der Waals surface area contributed by atoms with Crippen LogP contribution in [-0.2, 0) is 4.79 Å². The number of fused-ring (bicyclic) bond motifs is 2. The topological polar surface area (TPSA) is 57.5 Å². The van der Waals surface area contributed by atoms with Crippen LogP contribution in [0.2, 0.25) is 0 Å². The van der Waals surface area contributed by atoms with Crippen LogP contribution in [0.25, 0.3) is 0 Å². The molecule has 0 aromatic heterocycles. The molecule has 2 saturated carbocycles. The van der Waals surface area contributed by atoms with Gasteiger partial charge in [0.15, 0.2) is 0 Å². The molecule has 4 atom stereocenters. The molecule has 2 rings (SSSR count). The van der Waals surface area contributed by atoms with Gasteiger partial charge < -0.3 is 10.2 Å². The third-order valence-corrected chi connectivity index (χ3v) is 3.18. The number of hydrogen-bond acceptors (Lipinski definition) is 2. The zero-order chi connectivity index (χ0) is 8.01. The standard InChI is InChI=1S/C8H12O3/c9-7-4-1-2-5(7)6(3-4)8(10)11/h4-7,9H,1-3H2,(H,10,11)/t4-,5-,6+,7-/m1/s1. The fraction of sp³-hybridized carbons (Fsp3) is 0.875. The maximum absolute atomic E-state index is 10.6. The summed E-state index contributed by atoms with van der Waals surface area (Å²) in [6.45, 7) is 0. The van der Waals surface area contributed by atoms with Crippen molar-refractivity contribution < 1.29 is 15.0 Å². The number of carbonyl (C=O) groups is 1. The lowest BCUT2D eigenvalue weighted by Crippen LogP contribution is -2.22. The Kier molecular flexibility index (Phi) is 1.42. The summed E-state index contributed by atoms with van der Waals surface area (Å²) < 4.78 is 0. The molecule has 0 aliphatic heterocycles. The molecule has 0 heterocycles. The van der Waals surface area contributed by atoms with Crippen LogP contribution in [0.1, 0.15) is 19.3 Å². The first-order chi connectivity index (χ1) is 5.20. The molecular formula is C8H12O3. The predicted molar refractivity (Wildman–Crippen MR) is 38.0 cm³/mol. The van der Waals surface area contributed by atoms with Gasteiger partial charge in [-0.2, -0.15) is 0 Å². The van der Waals surface area contributed by atoms with Crippen LogP contribution in [0.4, 0.5) is 0 Å². The highest BCUT2D eigenvalue weighted by Crippen LogP contribution is 2.48. The van der Waals surface area contributed by atoms with Gasteiger partial charge >= 0.3 is 5.97 Å². The van der Waals surface area contributed by atoms with Crippen molar-refractivity contribution in [1.29, 1.82) is 0 Å². The zero-order valence-electron chi connectivity index (χ0n) is 6.23. The number of carboxylic acids is 1. The summed E-state index contributed by atoms with van der Waals surface area (Å²) >= 11 is 0. The second-order valence-corrected chi connectivity index (χ2v) is 3.67. The molecule has 0 unspecified atom stereocenters. The smallest absolute Gasteiger partial charge is 0.306 e. The molecule has 0 radical (unpaired) electrons. The van der Waals surface area contributed by atoms with Crippen molar-refractivity contribution in [3.63, 3.8) is 0 Å². The van der Waals surface area contributed by atoms with Crippen LogP contribution in [-0.4, -0.2) is 22.3 Å². The van der Waals surface area contributed by atoms with E-state index in [0.717, 1.165) is 12.8 Å². The molecule has 0 aromatic carbocycles. The number of hydrogen-bond donors (Lipinski definition) is 2. The van der Waals surface area contributed by atoms with Crippen molar-refractivity contribution in [2.75, 3.05) is 0 Å². The highest BCUT2D eigenvalue weighted by atomic mass is 16.4. The van der Waals surface area contributed by atoms with E-state index in [2.05, 4.69) is 0 Å². The Hall–Kier alpha value is -0.570. The molecule has 2 bridgehead atoms. The minimum Gasteiger partial charge on any atom is -0.481 e. The molecule has 2 fully saturated rings. The first kappa shape index (κ1) is 7.10. The average molecular weight is 156 g/mol. The van der Waals surface area contributed by atoms with Gasteiger partial charge in [0.2, 0.25) is 0 Å². The normalized spacial score (nSPS) is 48.1. The van der Waals surface area contributed by atoms with Gasteiger partial charge in [-0.05, 0) is 31.1 Å². The largest absolute Gasteiger partial charge is 0.481 e. The fourth-order valence-electron chi connectivity index (χ4n) is 2.58. The zero-order valence-corrected chi connectivity index (χ0v) is 6.23. The molecule has 2 aliphatic carbocycles. The lowest BCUT2D eigenvalue weighted by Gasteiger charge is -2.15. The highest BCUT2D eigenvalue weighted by Gasteiger charge is 2.49. The third kappa shape index (κ3) is 0.872. The van der Waals surface area contributed by atoms with Crippen molar-refractivity contribution in [1.82, 2.24) is 0 Å². The minimum absolute atomic E-state index is 0.0532. The van der Waals surface area contributed by atoms with Crippen molar-refractivity contribution in [3.8, 4) is 0 Å². The summed E-state index contributed by atoms with van der Waals surface area (Å²) in [6.07, 6.45) is 2.30. The second kappa shape index (κ2) is 2.21. The van der Waals surface area contributed by atoms with Gasteiger partial charge in [-0.25, -0.2) is 0 Å². The number of aliphatic hydroxyl groups is 1. The van der Waals surface area contributed by atoms with Crippen LogP contribution in [0, 0.1) is 17.8 Å². The molecule has 0 amide bonds. The molecule has 2 aliphatic rings. The van der Waals surface area contributed by atoms with E-state index in [-0.39, 0.29) is 23.9 Å². The monoisotopic (exact) mass is 156 g/mol. The van der Waals surface area contributed by atoms with Crippen molar-refractivity contribution >= 4 is 5.97 Å². The number of rotatable bonds is 1. The number of carboxylic acid groups (broad SMARTS) is 1. The molecule has 2 N–H and O–H groups in total. The van der Waals surface area contributed by atoms with Crippen LogP contribution >= 0.6 is 0 Å². The summed E-state index contributed by atoms with van der Waals surface area (Å²) in [6, 6.07) is 0. The quantitative estimate of drug-likeness (QED) is 0.580.